The van der Waals surface area contributed by atoms with Crippen molar-refractivity contribution in [2.75, 3.05) is 5.32 Å². The van der Waals surface area contributed by atoms with Gasteiger partial charge in [0.05, 0.1) is 0 Å². The molecular weight excluding hydrogens is 242 g/mol. The number of nitrogens with zero attached hydrogens (tertiary/aromatic N) is 4. The standard InChI is InChI=1S/C13H11N5O/c1-9-4-2-5-15-12(9)16-13(19)10-8-11-14-6-3-7-18(11)17-10/h2-8H,1H3,(H,15,16,19). The van der Waals surface area contributed by atoms with Crippen molar-refractivity contribution >= 4 is 17.4 Å². The summed E-state index contributed by atoms with van der Waals surface area (Å²) in [5, 5.41) is 6.89. The summed E-state index contributed by atoms with van der Waals surface area (Å²) >= 11 is 0. The summed E-state index contributed by atoms with van der Waals surface area (Å²) in [5.74, 6) is 0.241. The molecule has 0 saturated heterocycles. The largest absolute Gasteiger partial charge is 0.305 e. The molecular formula is C13H11N5O. The second-order valence-electron chi connectivity index (χ2n) is 4.08. The number of nitrogens with one attached hydrogen (secondary N) is 1. The lowest BCUT2D eigenvalue weighted by atomic mass is 10.3. The highest BCUT2D eigenvalue weighted by Crippen LogP contribution is 2.11. The van der Waals surface area contributed by atoms with Gasteiger partial charge < -0.3 is 5.32 Å². The van der Waals surface area contributed by atoms with Gasteiger partial charge in [0.25, 0.3) is 5.91 Å². The zero-order valence-corrected chi connectivity index (χ0v) is 10.2. The van der Waals surface area contributed by atoms with E-state index in [4.69, 9.17) is 0 Å². The molecule has 0 aliphatic rings. The minimum Gasteiger partial charge on any atom is -0.305 e. The van der Waals surface area contributed by atoms with Gasteiger partial charge in [-0.15, -0.1) is 0 Å². The predicted octanol–water partition coefficient (Wildman–Crippen LogP) is 1.69. The Labute approximate surface area is 109 Å². The molecule has 3 aromatic heterocycles. The number of carbonyl (C=O) groups excluding carboxylic acids is 1. The van der Waals surface area contributed by atoms with Crippen LogP contribution in [0.25, 0.3) is 5.65 Å². The fourth-order valence-corrected chi connectivity index (χ4v) is 1.73. The second kappa shape index (κ2) is 4.49. The van der Waals surface area contributed by atoms with Gasteiger partial charge >= 0.3 is 0 Å². The van der Waals surface area contributed by atoms with Gasteiger partial charge in [-0.25, -0.2) is 14.5 Å². The van der Waals surface area contributed by atoms with Gasteiger partial charge in [-0.3, -0.25) is 4.79 Å². The van der Waals surface area contributed by atoms with Gasteiger partial charge in [0.15, 0.2) is 11.3 Å². The molecule has 0 fully saturated rings. The maximum Gasteiger partial charge on any atom is 0.277 e. The topological polar surface area (TPSA) is 72.2 Å². The third-order valence-electron chi connectivity index (χ3n) is 2.71. The molecule has 1 amide bonds. The molecule has 0 unspecified atom stereocenters. The molecule has 3 aromatic rings. The molecule has 1 N–H and O–H groups in total. The van der Waals surface area contributed by atoms with Gasteiger partial charge in [-0.05, 0) is 24.6 Å². The van der Waals surface area contributed by atoms with E-state index in [1.165, 1.54) is 0 Å². The average Bonchev–Trinajstić information content (AvgIpc) is 2.85. The fourth-order valence-electron chi connectivity index (χ4n) is 1.73. The van der Waals surface area contributed by atoms with Crippen LogP contribution in [0.15, 0.2) is 42.9 Å². The van der Waals surface area contributed by atoms with Gasteiger partial charge in [-0.2, -0.15) is 5.10 Å². The van der Waals surface area contributed by atoms with E-state index in [0.717, 1.165) is 5.56 Å². The Morgan fingerprint density at radius 2 is 2.11 bits per heavy atom. The zero-order chi connectivity index (χ0) is 13.2. The molecule has 0 aliphatic heterocycles. The first-order chi connectivity index (χ1) is 9.24. The Bertz CT molecular complexity index is 716. The Morgan fingerprint density at radius 3 is 2.89 bits per heavy atom. The first-order valence-electron chi connectivity index (χ1n) is 5.77. The predicted molar refractivity (Wildman–Crippen MR) is 69.9 cm³/mol. The monoisotopic (exact) mass is 253 g/mol. The highest BCUT2D eigenvalue weighted by atomic mass is 16.2. The fraction of sp³-hybridized carbons (Fsp3) is 0.0769. The van der Waals surface area contributed by atoms with E-state index in [-0.39, 0.29) is 5.91 Å². The van der Waals surface area contributed by atoms with E-state index in [9.17, 15) is 4.79 Å². The lowest BCUT2D eigenvalue weighted by Gasteiger charge is -2.04. The lowest BCUT2D eigenvalue weighted by molar-refractivity contribution is 0.102. The molecule has 0 spiro atoms. The quantitative estimate of drug-likeness (QED) is 0.754. The van der Waals surface area contributed by atoms with E-state index in [0.29, 0.717) is 17.2 Å². The van der Waals surface area contributed by atoms with Gasteiger partial charge in [0.1, 0.15) is 5.82 Å². The molecule has 3 heterocycles. The molecule has 3 rings (SSSR count). The van der Waals surface area contributed by atoms with Gasteiger partial charge in [0, 0.05) is 24.7 Å². The van der Waals surface area contributed by atoms with E-state index in [2.05, 4.69) is 20.4 Å². The van der Waals surface area contributed by atoms with Crippen LogP contribution >= 0.6 is 0 Å². The van der Waals surface area contributed by atoms with Crippen molar-refractivity contribution in [3.63, 3.8) is 0 Å². The number of aryl methyl sites for hydroxylation is 1. The summed E-state index contributed by atoms with van der Waals surface area (Å²) in [5.41, 5.74) is 1.84. The molecule has 6 heteroatoms. The third-order valence-corrected chi connectivity index (χ3v) is 2.71. The van der Waals surface area contributed by atoms with Crippen molar-refractivity contribution in [3.8, 4) is 0 Å². The highest BCUT2D eigenvalue weighted by molar-refractivity contribution is 6.03. The van der Waals surface area contributed by atoms with Crippen LogP contribution in [-0.4, -0.2) is 25.5 Å². The van der Waals surface area contributed by atoms with Gasteiger partial charge in [-0.1, -0.05) is 6.07 Å². The number of fused-ring (bicyclic) bond motifs is 1. The molecule has 0 saturated carbocycles. The number of carbonyl (C=O) groups is 1. The maximum absolute atomic E-state index is 12.1. The minimum absolute atomic E-state index is 0.299. The summed E-state index contributed by atoms with van der Waals surface area (Å²) in [6.45, 7) is 1.88. The Hall–Kier alpha value is -2.76. The third kappa shape index (κ3) is 2.15. The maximum atomic E-state index is 12.1. The van der Waals surface area contributed by atoms with Crippen molar-refractivity contribution in [1.29, 1.82) is 0 Å². The van der Waals surface area contributed by atoms with Crippen molar-refractivity contribution in [2.24, 2.45) is 0 Å². The Morgan fingerprint density at radius 1 is 1.26 bits per heavy atom. The Balaban J connectivity index is 1.90. The van der Waals surface area contributed by atoms with Crippen molar-refractivity contribution in [1.82, 2.24) is 19.6 Å². The average molecular weight is 253 g/mol. The van der Waals surface area contributed by atoms with E-state index < -0.39 is 0 Å². The van der Waals surface area contributed by atoms with Crippen molar-refractivity contribution < 1.29 is 4.79 Å². The molecule has 19 heavy (non-hydrogen) atoms. The number of rotatable bonds is 2. The van der Waals surface area contributed by atoms with Crippen LogP contribution in [0, 0.1) is 6.92 Å². The summed E-state index contributed by atoms with van der Waals surface area (Å²) < 4.78 is 1.56. The van der Waals surface area contributed by atoms with Crippen LogP contribution in [0.1, 0.15) is 16.1 Å². The summed E-state index contributed by atoms with van der Waals surface area (Å²) in [6.07, 6.45) is 5.03. The van der Waals surface area contributed by atoms with Crippen LogP contribution in [0.4, 0.5) is 5.82 Å². The van der Waals surface area contributed by atoms with E-state index in [1.54, 1.807) is 35.2 Å². The van der Waals surface area contributed by atoms with Crippen LogP contribution in [0.5, 0.6) is 0 Å². The normalized spacial score (nSPS) is 10.6. The van der Waals surface area contributed by atoms with Crippen LogP contribution in [0.2, 0.25) is 0 Å². The summed E-state index contributed by atoms with van der Waals surface area (Å²) in [7, 11) is 0. The molecule has 0 aliphatic carbocycles. The minimum atomic E-state index is -0.299. The lowest BCUT2D eigenvalue weighted by Crippen LogP contribution is -2.14. The van der Waals surface area contributed by atoms with Crippen LogP contribution < -0.4 is 5.32 Å². The van der Waals surface area contributed by atoms with Crippen molar-refractivity contribution in [2.45, 2.75) is 6.92 Å². The molecule has 0 bridgehead atoms. The van der Waals surface area contributed by atoms with Crippen LogP contribution in [0.3, 0.4) is 0 Å². The molecule has 94 valence electrons. The Kier molecular flexibility index (Phi) is 2.68. The zero-order valence-electron chi connectivity index (χ0n) is 10.2. The number of pyridine rings is 1. The molecule has 0 radical (unpaired) electrons. The number of anilines is 1. The van der Waals surface area contributed by atoms with E-state index >= 15 is 0 Å². The molecule has 0 aromatic carbocycles. The summed E-state index contributed by atoms with van der Waals surface area (Å²) in [6, 6.07) is 7.09. The number of amides is 1. The molecule has 0 atom stereocenters. The van der Waals surface area contributed by atoms with Gasteiger partial charge in [0.2, 0.25) is 0 Å². The SMILES string of the molecule is Cc1cccnc1NC(=O)c1cc2ncccn2n1. The highest BCUT2D eigenvalue weighted by Gasteiger charge is 2.12. The first kappa shape index (κ1) is 11.3. The number of aromatic nitrogens is 4. The van der Waals surface area contributed by atoms with Crippen LogP contribution in [-0.2, 0) is 0 Å². The van der Waals surface area contributed by atoms with Crippen molar-refractivity contribution in [3.05, 3.63) is 54.1 Å². The number of hydrogen-bond acceptors (Lipinski definition) is 4. The second-order valence-corrected chi connectivity index (χ2v) is 4.08. The summed E-state index contributed by atoms with van der Waals surface area (Å²) in [4.78, 5) is 20.3. The first-order valence-corrected chi connectivity index (χ1v) is 5.77. The number of hydrogen-bond donors (Lipinski definition) is 1. The van der Waals surface area contributed by atoms with E-state index in [1.807, 2.05) is 19.1 Å². The smallest absolute Gasteiger partial charge is 0.277 e. The molecule has 6 nitrogen and oxygen atoms in total.